The first-order valence-corrected chi connectivity index (χ1v) is 4.64. The average molecular weight is 180 g/mol. The van der Waals surface area contributed by atoms with Crippen LogP contribution in [0.15, 0.2) is 0 Å². The van der Waals surface area contributed by atoms with Gasteiger partial charge in [0, 0.05) is 5.92 Å². The molecule has 0 saturated heterocycles. The van der Waals surface area contributed by atoms with Crippen molar-refractivity contribution in [1.29, 1.82) is 0 Å². The Balaban J connectivity index is 2.14. The van der Waals surface area contributed by atoms with E-state index in [2.05, 4.69) is 21.3 Å². The molecule has 3 nitrogen and oxygen atoms in total. The van der Waals surface area contributed by atoms with E-state index in [-0.39, 0.29) is 0 Å². The van der Waals surface area contributed by atoms with E-state index in [1.165, 1.54) is 19.3 Å². The van der Waals surface area contributed by atoms with Gasteiger partial charge in [0.2, 0.25) is 6.33 Å². The van der Waals surface area contributed by atoms with Gasteiger partial charge in [-0.25, -0.2) is 4.98 Å². The van der Waals surface area contributed by atoms with Crippen molar-refractivity contribution in [3.05, 3.63) is 18.2 Å². The predicted molar refractivity (Wildman–Crippen MR) is 44.4 cm³/mol. The summed E-state index contributed by atoms with van der Waals surface area (Å²) in [5.74, 6) is 0.898. The molecule has 4 heteroatoms. The topological polar surface area (TPSA) is 38.7 Å². The molecule has 69 valence electrons. The summed E-state index contributed by atoms with van der Waals surface area (Å²) in [6, 6.07) is 0. The average Bonchev–Trinajstić information content (AvgIpc) is 2.19. The molecule has 1 heterocycles. The minimum absolute atomic E-state index is 0.322. The van der Waals surface area contributed by atoms with Gasteiger partial charge in [0.1, 0.15) is 5.82 Å². The number of halogens is 1. The van der Waals surface area contributed by atoms with E-state index in [0.717, 1.165) is 12.8 Å². The van der Waals surface area contributed by atoms with Gasteiger partial charge < -0.3 is 0 Å². The summed E-state index contributed by atoms with van der Waals surface area (Å²) in [6.45, 7) is 0. The lowest BCUT2D eigenvalue weighted by atomic mass is 9.89. The molecule has 1 aliphatic carbocycles. The third-order valence-corrected chi connectivity index (χ3v) is 2.48. The van der Waals surface area contributed by atoms with Crippen LogP contribution in [0.2, 0.25) is 0 Å². The summed E-state index contributed by atoms with van der Waals surface area (Å²) in [5, 5.41) is 0. The van der Waals surface area contributed by atoms with Crippen molar-refractivity contribution >= 4 is 0 Å². The van der Waals surface area contributed by atoms with Crippen LogP contribution in [0.4, 0.5) is 4.39 Å². The van der Waals surface area contributed by atoms with Crippen LogP contribution in [-0.2, 0) is 0 Å². The molecule has 2 rings (SSSR count). The summed E-state index contributed by atoms with van der Waals surface area (Å²) in [6.07, 6.45) is 7.37. The van der Waals surface area contributed by atoms with Crippen molar-refractivity contribution in [1.82, 2.24) is 15.0 Å². The molecule has 13 heavy (non-hydrogen) atoms. The maximum absolute atomic E-state index is 12.6. The smallest absolute Gasteiger partial charge is 0.210 e. The Hall–Kier alpha value is -1.06. The minimum atomic E-state index is -0.712. The molecular weight excluding hydrogens is 169 g/mol. The number of hydrogen-bond acceptors (Lipinski definition) is 3. The summed E-state index contributed by atoms with van der Waals surface area (Å²) in [7, 11) is 0. The molecule has 0 atom stereocenters. The molecule has 1 aromatic rings. The largest absolute Gasteiger partial charge is 0.312 e. The lowest BCUT2D eigenvalue weighted by molar-refractivity contribution is 0.415. The van der Waals surface area contributed by atoms with Crippen LogP contribution >= 0.6 is 0 Å². The maximum Gasteiger partial charge on any atom is 0.312 e. The normalized spacial score (nSPS) is 18.8. The fraction of sp³-hybridized carbons (Fsp3) is 0.667. The van der Waals surface area contributed by atoms with Gasteiger partial charge in [-0.2, -0.15) is 14.4 Å². The molecule has 1 aromatic heterocycles. The fourth-order valence-corrected chi connectivity index (χ4v) is 1.81. The summed E-state index contributed by atoms with van der Waals surface area (Å²) in [5.41, 5.74) is 0. The molecule has 1 fully saturated rings. The van der Waals surface area contributed by atoms with Crippen LogP contribution in [0, 0.1) is 12.4 Å². The van der Waals surface area contributed by atoms with E-state index < -0.39 is 6.08 Å². The molecule has 0 unspecified atom stereocenters. The monoisotopic (exact) mass is 180 g/mol. The second kappa shape index (κ2) is 3.77. The van der Waals surface area contributed by atoms with Gasteiger partial charge in [0.15, 0.2) is 0 Å². The van der Waals surface area contributed by atoms with Gasteiger partial charge >= 0.3 is 6.08 Å². The highest BCUT2D eigenvalue weighted by Gasteiger charge is 2.18. The standard InChI is InChI=1S/C9H11FN3/c10-9-12-6-11-8(13-9)7-4-2-1-3-5-7/h7H,1-5H2. The molecule has 0 aliphatic heterocycles. The molecule has 0 N–H and O–H groups in total. The maximum atomic E-state index is 12.6. The van der Waals surface area contributed by atoms with Crippen LogP contribution in [0.3, 0.4) is 0 Å². The van der Waals surface area contributed by atoms with Crippen molar-refractivity contribution < 1.29 is 4.39 Å². The first-order valence-electron chi connectivity index (χ1n) is 4.64. The van der Waals surface area contributed by atoms with Gasteiger partial charge in [-0.05, 0) is 12.8 Å². The van der Waals surface area contributed by atoms with E-state index in [1.54, 1.807) is 0 Å². The molecule has 1 radical (unpaired) electrons. The first-order chi connectivity index (χ1) is 6.36. The highest BCUT2D eigenvalue weighted by molar-refractivity contribution is 4.94. The van der Waals surface area contributed by atoms with E-state index >= 15 is 0 Å². The van der Waals surface area contributed by atoms with Gasteiger partial charge in [-0.3, -0.25) is 0 Å². The predicted octanol–water partition coefficient (Wildman–Crippen LogP) is 1.86. The van der Waals surface area contributed by atoms with Gasteiger partial charge in [-0.15, -0.1) is 0 Å². The second-order valence-electron chi connectivity index (χ2n) is 3.40. The van der Waals surface area contributed by atoms with Gasteiger partial charge in [0.05, 0.1) is 0 Å². The Labute approximate surface area is 76.4 Å². The summed E-state index contributed by atoms with van der Waals surface area (Å²) >= 11 is 0. The lowest BCUT2D eigenvalue weighted by Crippen LogP contribution is -2.10. The fourth-order valence-electron chi connectivity index (χ4n) is 1.81. The highest BCUT2D eigenvalue weighted by atomic mass is 19.1. The Morgan fingerprint density at radius 1 is 1.15 bits per heavy atom. The molecule has 0 aromatic carbocycles. The first kappa shape index (κ1) is 8.53. The number of nitrogens with zero attached hydrogens (tertiary/aromatic N) is 3. The zero-order chi connectivity index (χ0) is 9.10. The highest BCUT2D eigenvalue weighted by Crippen LogP contribution is 2.29. The Bertz CT molecular complexity index is 284. The lowest BCUT2D eigenvalue weighted by Gasteiger charge is -2.19. The molecule has 0 spiro atoms. The molecular formula is C9H11FN3. The van der Waals surface area contributed by atoms with Crippen molar-refractivity contribution in [3.8, 4) is 0 Å². The van der Waals surface area contributed by atoms with Crippen LogP contribution in [0.1, 0.15) is 43.8 Å². The van der Waals surface area contributed by atoms with Crippen LogP contribution in [0.25, 0.3) is 0 Å². The quantitative estimate of drug-likeness (QED) is 0.662. The van der Waals surface area contributed by atoms with Gasteiger partial charge in [-0.1, -0.05) is 19.3 Å². The zero-order valence-electron chi connectivity index (χ0n) is 7.33. The summed E-state index contributed by atoms with van der Waals surface area (Å²) in [4.78, 5) is 10.8. The van der Waals surface area contributed by atoms with Crippen LogP contribution in [0.5, 0.6) is 0 Å². The SMILES string of the molecule is Fc1n[c]nc(C2CCCCC2)n1. The summed E-state index contributed by atoms with van der Waals surface area (Å²) < 4.78 is 12.6. The molecule has 1 saturated carbocycles. The zero-order valence-corrected chi connectivity index (χ0v) is 7.33. The van der Waals surface area contributed by atoms with E-state index in [0.29, 0.717) is 11.7 Å². The van der Waals surface area contributed by atoms with E-state index in [9.17, 15) is 4.39 Å². The van der Waals surface area contributed by atoms with Gasteiger partial charge in [0.25, 0.3) is 0 Å². The van der Waals surface area contributed by atoms with Crippen molar-refractivity contribution in [2.45, 2.75) is 38.0 Å². The number of aromatic nitrogens is 3. The third-order valence-electron chi connectivity index (χ3n) is 2.48. The number of hydrogen-bond donors (Lipinski definition) is 0. The minimum Gasteiger partial charge on any atom is -0.210 e. The van der Waals surface area contributed by atoms with Crippen molar-refractivity contribution in [3.63, 3.8) is 0 Å². The van der Waals surface area contributed by atoms with E-state index in [4.69, 9.17) is 0 Å². The van der Waals surface area contributed by atoms with E-state index in [1.807, 2.05) is 0 Å². The van der Waals surface area contributed by atoms with Crippen LogP contribution in [-0.4, -0.2) is 15.0 Å². The molecule has 1 aliphatic rings. The third kappa shape index (κ3) is 1.99. The second-order valence-corrected chi connectivity index (χ2v) is 3.40. The molecule has 0 amide bonds. The molecule has 0 bridgehead atoms. The Morgan fingerprint density at radius 3 is 2.62 bits per heavy atom. The van der Waals surface area contributed by atoms with Crippen molar-refractivity contribution in [2.24, 2.45) is 0 Å². The van der Waals surface area contributed by atoms with Crippen molar-refractivity contribution in [2.75, 3.05) is 0 Å². The van der Waals surface area contributed by atoms with Crippen LogP contribution < -0.4 is 0 Å². The Morgan fingerprint density at radius 2 is 1.92 bits per heavy atom. The Kier molecular flexibility index (Phi) is 2.47. The number of rotatable bonds is 1.